The molecule has 0 saturated carbocycles. The summed E-state index contributed by atoms with van der Waals surface area (Å²) < 4.78 is 5.50. The number of nitrogens with zero attached hydrogens (tertiary/aromatic N) is 5. The summed E-state index contributed by atoms with van der Waals surface area (Å²) in [6, 6.07) is 9.28. The van der Waals surface area contributed by atoms with Crippen molar-refractivity contribution in [3.8, 4) is 17.1 Å². The number of H-pyrrole nitrogens is 1. The molecule has 3 rings (SSSR count). The summed E-state index contributed by atoms with van der Waals surface area (Å²) in [6.45, 7) is 8.50. The Morgan fingerprint density at radius 3 is 2.61 bits per heavy atom. The van der Waals surface area contributed by atoms with Crippen molar-refractivity contribution in [1.29, 1.82) is 0 Å². The van der Waals surface area contributed by atoms with Gasteiger partial charge in [0, 0.05) is 17.8 Å². The van der Waals surface area contributed by atoms with Crippen molar-refractivity contribution >= 4 is 11.6 Å². The molecule has 1 aromatic carbocycles. The fraction of sp³-hybridized carbons (Fsp3) is 0.350. The number of aromatic amines is 1. The smallest absolute Gasteiger partial charge is 0.276 e. The number of aromatic nitrogens is 5. The minimum Gasteiger partial charge on any atom is -0.495 e. The lowest BCUT2D eigenvalue weighted by molar-refractivity contribution is 0.0978. The molecule has 2 aromatic heterocycles. The second kappa shape index (κ2) is 8.16. The molecule has 0 fully saturated rings. The quantitative estimate of drug-likeness (QED) is 0.705. The van der Waals surface area contributed by atoms with Crippen molar-refractivity contribution in [1.82, 2.24) is 25.6 Å². The van der Waals surface area contributed by atoms with E-state index >= 15 is 0 Å². The molecule has 0 bridgehead atoms. The first-order chi connectivity index (χ1) is 13.4. The Morgan fingerprint density at radius 1 is 1.21 bits per heavy atom. The molecule has 2 heterocycles. The van der Waals surface area contributed by atoms with Crippen LogP contribution in [0.15, 0.2) is 30.3 Å². The summed E-state index contributed by atoms with van der Waals surface area (Å²) in [5.74, 6) is 1.19. The molecule has 3 aromatic rings. The minimum atomic E-state index is -0.180. The summed E-state index contributed by atoms with van der Waals surface area (Å²) in [4.78, 5) is 19.6. The first-order valence-electron chi connectivity index (χ1n) is 9.08. The van der Waals surface area contributed by atoms with Gasteiger partial charge < -0.3 is 9.64 Å². The number of aryl methyl sites for hydroxylation is 2. The van der Waals surface area contributed by atoms with E-state index < -0.39 is 0 Å². The number of tetrazole rings is 1. The molecule has 0 aliphatic carbocycles. The molecule has 0 atom stereocenters. The van der Waals surface area contributed by atoms with Gasteiger partial charge in [0.25, 0.3) is 5.91 Å². The molecule has 8 nitrogen and oxygen atoms in total. The highest BCUT2D eigenvalue weighted by Crippen LogP contribution is 2.31. The van der Waals surface area contributed by atoms with Gasteiger partial charge in [-0.05, 0) is 54.8 Å². The zero-order valence-electron chi connectivity index (χ0n) is 16.7. The van der Waals surface area contributed by atoms with E-state index in [4.69, 9.17) is 4.74 Å². The third-order valence-corrected chi connectivity index (χ3v) is 4.31. The highest BCUT2D eigenvalue weighted by Gasteiger charge is 2.24. The Morgan fingerprint density at radius 2 is 2.00 bits per heavy atom. The lowest BCUT2D eigenvalue weighted by Gasteiger charge is -2.26. The molecule has 0 unspecified atom stereocenters. The number of carbonyl (C=O) groups excluding carboxylic acids is 1. The largest absolute Gasteiger partial charge is 0.495 e. The summed E-state index contributed by atoms with van der Waals surface area (Å²) in [7, 11) is 1.61. The van der Waals surface area contributed by atoms with E-state index in [0.717, 1.165) is 16.8 Å². The molecule has 28 heavy (non-hydrogen) atoms. The SMILES string of the molecule is COc1ccc(C)cc1N(CC(C)C)C(=O)c1ccc(-c2nn[nH]n2)c(C)n1. The number of hydrogen-bond donors (Lipinski definition) is 1. The first-order valence-corrected chi connectivity index (χ1v) is 9.08. The third kappa shape index (κ3) is 4.00. The Kier molecular flexibility index (Phi) is 5.67. The van der Waals surface area contributed by atoms with E-state index in [-0.39, 0.29) is 11.8 Å². The van der Waals surface area contributed by atoms with Gasteiger partial charge >= 0.3 is 0 Å². The van der Waals surface area contributed by atoms with Gasteiger partial charge in [-0.3, -0.25) is 4.79 Å². The van der Waals surface area contributed by atoms with Gasteiger partial charge in [-0.25, -0.2) is 4.98 Å². The van der Waals surface area contributed by atoms with E-state index in [1.165, 1.54) is 0 Å². The van der Waals surface area contributed by atoms with E-state index in [2.05, 4.69) is 39.5 Å². The van der Waals surface area contributed by atoms with E-state index in [1.54, 1.807) is 24.1 Å². The lowest BCUT2D eigenvalue weighted by Crippen LogP contribution is -2.35. The van der Waals surface area contributed by atoms with Crippen LogP contribution in [0.5, 0.6) is 5.75 Å². The predicted octanol–water partition coefficient (Wildman–Crippen LogP) is 3.19. The Labute approximate surface area is 163 Å². The van der Waals surface area contributed by atoms with Crippen molar-refractivity contribution in [2.45, 2.75) is 27.7 Å². The van der Waals surface area contributed by atoms with Crippen LogP contribution in [0.2, 0.25) is 0 Å². The molecule has 0 spiro atoms. The van der Waals surface area contributed by atoms with Gasteiger partial charge in [-0.2, -0.15) is 5.21 Å². The molecule has 1 amide bonds. The maximum absolute atomic E-state index is 13.4. The topological polar surface area (TPSA) is 96.9 Å². The fourth-order valence-corrected chi connectivity index (χ4v) is 3.00. The molecular formula is C20H24N6O2. The number of amides is 1. The van der Waals surface area contributed by atoms with Crippen LogP contribution in [0.25, 0.3) is 11.4 Å². The van der Waals surface area contributed by atoms with Gasteiger partial charge in [0.2, 0.25) is 5.82 Å². The number of hydrogen-bond acceptors (Lipinski definition) is 6. The van der Waals surface area contributed by atoms with Crippen molar-refractivity contribution in [3.63, 3.8) is 0 Å². The number of methoxy groups -OCH3 is 1. The molecular weight excluding hydrogens is 356 g/mol. The molecule has 0 aliphatic heterocycles. The Hall–Kier alpha value is -3.29. The van der Waals surface area contributed by atoms with Crippen LogP contribution in [0.1, 0.15) is 35.6 Å². The van der Waals surface area contributed by atoms with Crippen LogP contribution in [-0.4, -0.2) is 45.2 Å². The van der Waals surface area contributed by atoms with E-state index in [1.807, 2.05) is 32.0 Å². The second-order valence-electron chi connectivity index (χ2n) is 7.05. The molecule has 8 heteroatoms. The van der Waals surface area contributed by atoms with Crippen molar-refractivity contribution < 1.29 is 9.53 Å². The van der Waals surface area contributed by atoms with Crippen LogP contribution in [0.3, 0.4) is 0 Å². The maximum atomic E-state index is 13.4. The van der Waals surface area contributed by atoms with Crippen LogP contribution in [0, 0.1) is 19.8 Å². The minimum absolute atomic E-state index is 0.180. The summed E-state index contributed by atoms with van der Waals surface area (Å²) >= 11 is 0. The number of carbonyl (C=O) groups is 1. The number of rotatable bonds is 6. The highest BCUT2D eigenvalue weighted by molar-refractivity contribution is 6.06. The number of anilines is 1. The van der Waals surface area contributed by atoms with Crippen LogP contribution in [0.4, 0.5) is 5.69 Å². The Bertz CT molecular complexity index is 969. The second-order valence-corrected chi connectivity index (χ2v) is 7.05. The average Bonchev–Trinajstić information content (AvgIpc) is 3.19. The first kappa shape index (κ1) is 19.5. The molecule has 0 saturated heterocycles. The molecule has 146 valence electrons. The maximum Gasteiger partial charge on any atom is 0.276 e. The number of benzene rings is 1. The van der Waals surface area contributed by atoms with Crippen molar-refractivity contribution in [3.05, 3.63) is 47.3 Å². The summed E-state index contributed by atoms with van der Waals surface area (Å²) in [5, 5.41) is 14.0. The van der Waals surface area contributed by atoms with Gasteiger partial charge in [-0.15, -0.1) is 10.2 Å². The Balaban J connectivity index is 2.01. The predicted molar refractivity (Wildman–Crippen MR) is 106 cm³/mol. The summed E-state index contributed by atoms with van der Waals surface area (Å²) in [5.41, 5.74) is 3.53. The normalized spacial score (nSPS) is 10.9. The lowest BCUT2D eigenvalue weighted by atomic mass is 10.1. The number of nitrogens with one attached hydrogen (secondary N) is 1. The van der Waals surface area contributed by atoms with Crippen molar-refractivity contribution in [2.24, 2.45) is 5.92 Å². The molecule has 0 aliphatic rings. The monoisotopic (exact) mass is 380 g/mol. The van der Waals surface area contributed by atoms with E-state index in [0.29, 0.717) is 29.5 Å². The average molecular weight is 380 g/mol. The zero-order chi connectivity index (χ0) is 20.3. The van der Waals surface area contributed by atoms with Crippen LogP contribution >= 0.6 is 0 Å². The van der Waals surface area contributed by atoms with Gasteiger partial charge in [0.15, 0.2) is 0 Å². The fourth-order valence-electron chi connectivity index (χ4n) is 3.00. The van der Waals surface area contributed by atoms with Crippen molar-refractivity contribution in [2.75, 3.05) is 18.6 Å². The van der Waals surface area contributed by atoms with E-state index in [9.17, 15) is 4.79 Å². The molecule has 0 radical (unpaired) electrons. The summed E-state index contributed by atoms with van der Waals surface area (Å²) in [6.07, 6.45) is 0. The third-order valence-electron chi connectivity index (χ3n) is 4.31. The van der Waals surface area contributed by atoms with Gasteiger partial charge in [0.05, 0.1) is 12.8 Å². The van der Waals surface area contributed by atoms with Crippen LogP contribution < -0.4 is 9.64 Å². The number of ether oxygens (including phenoxy) is 1. The standard InChI is InChI=1S/C20H24N6O2/c1-12(2)11-26(17-10-13(3)6-9-18(17)28-5)20(27)16-8-7-15(14(4)21-16)19-22-24-25-23-19/h6-10,12H,11H2,1-5H3,(H,22,23,24,25). The number of pyridine rings is 1. The molecule has 1 N–H and O–H groups in total. The van der Waals surface area contributed by atoms with Gasteiger partial charge in [0.1, 0.15) is 11.4 Å². The van der Waals surface area contributed by atoms with Gasteiger partial charge in [-0.1, -0.05) is 19.9 Å². The zero-order valence-corrected chi connectivity index (χ0v) is 16.7. The van der Waals surface area contributed by atoms with Crippen LogP contribution in [-0.2, 0) is 0 Å². The highest BCUT2D eigenvalue weighted by atomic mass is 16.5.